The van der Waals surface area contributed by atoms with E-state index in [1.165, 1.54) is 250 Å². The molecule has 58 heavy (non-hydrogen) atoms. The summed E-state index contributed by atoms with van der Waals surface area (Å²) in [5, 5.41) is 23.0. The van der Waals surface area contributed by atoms with Crippen LogP contribution in [0.4, 0.5) is 0 Å². The maximum absolute atomic E-state index is 12.4. The minimum absolute atomic E-state index is 0.0601. The van der Waals surface area contributed by atoms with E-state index in [1.54, 1.807) is 6.08 Å². The number of carbonyl (C=O) groups is 1. The van der Waals surface area contributed by atoms with Crippen LogP contribution in [-0.4, -0.2) is 34.9 Å². The van der Waals surface area contributed by atoms with Crippen molar-refractivity contribution in [2.24, 2.45) is 0 Å². The molecule has 0 aromatic carbocycles. The van der Waals surface area contributed by atoms with Crippen molar-refractivity contribution >= 4 is 5.91 Å². The summed E-state index contributed by atoms with van der Waals surface area (Å²) < 4.78 is 0. The van der Waals surface area contributed by atoms with E-state index in [1.807, 2.05) is 6.08 Å². The van der Waals surface area contributed by atoms with Crippen LogP contribution in [0.2, 0.25) is 0 Å². The summed E-state index contributed by atoms with van der Waals surface area (Å²) in [6, 6.07) is -0.617. The Hall–Kier alpha value is -1.13. The Kier molecular flexibility index (Phi) is 49.2. The van der Waals surface area contributed by atoms with E-state index in [0.717, 1.165) is 25.7 Å². The number of rotatable bonds is 49. The van der Waals surface area contributed by atoms with Gasteiger partial charge in [0.1, 0.15) is 0 Å². The van der Waals surface area contributed by atoms with Gasteiger partial charge in [0.25, 0.3) is 0 Å². The highest BCUT2D eigenvalue weighted by Crippen LogP contribution is 2.17. The number of hydrogen-bond donors (Lipinski definition) is 3. The Morgan fingerprint density at radius 3 is 0.948 bits per heavy atom. The van der Waals surface area contributed by atoms with Gasteiger partial charge in [-0.2, -0.15) is 0 Å². The molecule has 0 aliphatic rings. The van der Waals surface area contributed by atoms with Gasteiger partial charge in [-0.15, -0.1) is 0 Å². The number of nitrogens with one attached hydrogen (secondary N) is 1. The Morgan fingerprint density at radius 2 is 0.655 bits per heavy atom. The molecule has 4 heteroatoms. The maximum Gasteiger partial charge on any atom is 0.220 e. The van der Waals surface area contributed by atoms with E-state index in [-0.39, 0.29) is 12.5 Å². The van der Waals surface area contributed by atoms with Gasteiger partial charge in [-0.3, -0.25) is 4.79 Å². The molecule has 2 unspecified atom stereocenters. The van der Waals surface area contributed by atoms with Crippen molar-refractivity contribution < 1.29 is 15.0 Å². The predicted molar refractivity (Wildman–Crippen MR) is 258 cm³/mol. The molecule has 0 aromatic rings. The number of hydrogen-bond acceptors (Lipinski definition) is 3. The fourth-order valence-electron chi connectivity index (χ4n) is 8.35. The number of unbranched alkanes of at least 4 members (excludes halogenated alkanes) is 40. The van der Waals surface area contributed by atoms with Crippen molar-refractivity contribution in [1.82, 2.24) is 5.32 Å². The first-order valence-electron chi connectivity index (χ1n) is 26.6. The largest absolute Gasteiger partial charge is 0.394 e. The zero-order chi connectivity index (χ0) is 42.1. The number of amides is 1. The molecule has 0 saturated heterocycles. The van der Waals surface area contributed by atoms with Crippen LogP contribution < -0.4 is 5.32 Å². The lowest BCUT2D eigenvalue weighted by molar-refractivity contribution is -0.123. The van der Waals surface area contributed by atoms with Crippen LogP contribution in [0.3, 0.4) is 0 Å². The lowest BCUT2D eigenvalue weighted by Crippen LogP contribution is -2.45. The standard InChI is InChI=1S/C54H105NO3/c1-3-5-7-9-11-13-15-16-17-18-19-20-21-22-23-24-25-26-27-28-29-30-31-32-33-34-35-36-37-38-40-42-44-46-48-50-54(58)55-52(51-56)53(57)49-47-45-43-41-39-14-12-10-8-6-4-2/h18-19,47,49,52-53,56-57H,3-17,20-46,48,50-51H2,1-2H3,(H,55,58)/b19-18-,49-47+. The van der Waals surface area contributed by atoms with Crippen molar-refractivity contribution in [2.45, 2.75) is 309 Å². The van der Waals surface area contributed by atoms with Gasteiger partial charge in [0.05, 0.1) is 18.8 Å². The first-order chi connectivity index (χ1) is 28.7. The van der Waals surface area contributed by atoms with Crippen LogP contribution in [0.5, 0.6) is 0 Å². The minimum Gasteiger partial charge on any atom is -0.394 e. The molecule has 1 amide bonds. The molecule has 0 rings (SSSR count). The first-order valence-corrected chi connectivity index (χ1v) is 26.6. The second kappa shape index (κ2) is 50.2. The molecule has 0 aliphatic heterocycles. The summed E-state index contributed by atoms with van der Waals surface area (Å²) in [6.45, 7) is 4.31. The van der Waals surface area contributed by atoms with Gasteiger partial charge in [0, 0.05) is 6.42 Å². The lowest BCUT2D eigenvalue weighted by Gasteiger charge is -2.20. The lowest BCUT2D eigenvalue weighted by atomic mass is 10.0. The molecule has 0 spiro atoms. The Morgan fingerprint density at radius 1 is 0.397 bits per heavy atom. The Bertz CT molecular complexity index is 840. The quantitative estimate of drug-likeness (QED) is 0.0423. The summed E-state index contributed by atoms with van der Waals surface area (Å²) in [7, 11) is 0. The normalized spacial score (nSPS) is 13.0. The van der Waals surface area contributed by atoms with Crippen LogP contribution in [0, 0.1) is 0 Å². The third-order valence-electron chi connectivity index (χ3n) is 12.4. The van der Waals surface area contributed by atoms with Crippen LogP contribution in [0.25, 0.3) is 0 Å². The average Bonchev–Trinajstić information content (AvgIpc) is 3.23. The Balaban J connectivity index is 3.37. The van der Waals surface area contributed by atoms with Crippen LogP contribution in [0.1, 0.15) is 296 Å². The third kappa shape index (κ3) is 45.9. The van der Waals surface area contributed by atoms with Gasteiger partial charge in [-0.25, -0.2) is 0 Å². The highest BCUT2D eigenvalue weighted by Gasteiger charge is 2.18. The van der Waals surface area contributed by atoms with Gasteiger partial charge in [0.2, 0.25) is 5.91 Å². The van der Waals surface area contributed by atoms with Crippen LogP contribution in [0.15, 0.2) is 24.3 Å². The summed E-state index contributed by atoms with van der Waals surface area (Å²) in [5.41, 5.74) is 0. The number of carbonyl (C=O) groups excluding carboxylic acids is 1. The fourth-order valence-corrected chi connectivity index (χ4v) is 8.35. The molecule has 3 N–H and O–H groups in total. The fraction of sp³-hybridized carbons (Fsp3) is 0.907. The van der Waals surface area contributed by atoms with E-state index in [2.05, 4.69) is 31.3 Å². The zero-order valence-electron chi connectivity index (χ0n) is 39.6. The van der Waals surface area contributed by atoms with Crippen LogP contribution >= 0.6 is 0 Å². The highest BCUT2D eigenvalue weighted by molar-refractivity contribution is 5.76. The number of allylic oxidation sites excluding steroid dienone is 3. The molecule has 0 heterocycles. The van der Waals surface area contributed by atoms with E-state index >= 15 is 0 Å². The molecule has 0 saturated carbocycles. The predicted octanol–water partition coefficient (Wildman–Crippen LogP) is 17.1. The van der Waals surface area contributed by atoms with Crippen molar-refractivity contribution in [1.29, 1.82) is 0 Å². The maximum atomic E-state index is 12.4. The van der Waals surface area contributed by atoms with Crippen molar-refractivity contribution in [3.05, 3.63) is 24.3 Å². The van der Waals surface area contributed by atoms with Gasteiger partial charge in [0.15, 0.2) is 0 Å². The monoisotopic (exact) mass is 816 g/mol. The molecule has 4 nitrogen and oxygen atoms in total. The van der Waals surface area contributed by atoms with Gasteiger partial charge in [-0.05, 0) is 44.9 Å². The topological polar surface area (TPSA) is 69.6 Å². The van der Waals surface area contributed by atoms with Gasteiger partial charge in [-0.1, -0.05) is 269 Å². The van der Waals surface area contributed by atoms with E-state index in [4.69, 9.17) is 0 Å². The second-order valence-electron chi connectivity index (χ2n) is 18.3. The summed E-state index contributed by atoms with van der Waals surface area (Å²) in [4.78, 5) is 12.4. The summed E-state index contributed by atoms with van der Waals surface area (Å²) >= 11 is 0. The SMILES string of the molecule is CCCCCCCCCC/C=C\CCCCCCCCCCCCCCCCCCCCCCCCCC(=O)NC(CO)C(O)/C=C/CCCCCCCCCCC. The number of aliphatic hydroxyl groups is 2. The molecule has 2 atom stereocenters. The minimum atomic E-state index is -0.834. The van der Waals surface area contributed by atoms with Gasteiger partial charge < -0.3 is 15.5 Å². The van der Waals surface area contributed by atoms with Crippen molar-refractivity contribution in [2.75, 3.05) is 6.61 Å². The first kappa shape index (κ1) is 56.9. The molecular weight excluding hydrogens is 711 g/mol. The Labute approximate surface area is 364 Å². The van der Waals surface area contributed by atoms with Crippen molar-refractivity contribution in [3.63, 3.8) is 0 Å². The van der Waals surface area contributed by atoms with Crippen molar-refractivity contribution in [3.8, 4) is 0 Å². The van der Waals surface area contributed by atoms with Crippen LogP contribution in [-0.2, 0) is 4.79 Å². The summed E-state index contributed by atoms with van der Waals surface area (Å²) in [5.74, 6) is -0.0601. The molecule has 0 aliphatic carbocycles. The molecule has 0 aromatic heterocycles. The van der Waals surface area contributed by atoms with E-state index in [9.17, 15) is 15.0 Å². The smallest absolute Gasteiger partial charge is 0.220 e. The molecule has 0 radical (unpaired) electrons. The van der Waals surface area contributed by atoms with E-state index < -0.39 is 12.1 Å². The van der Waals surface area contributed by atoms with E-state index in [0.29, 0.717) is 6.42 Å². The summed E-state index contributed by atoms with van der Waals surface area (Å²) in [6.07, 6.45) is 66.3. The second-order valence-corrected chi connectivity index (χ2v) is 18.3. The molecule has 0 fully saturated rings. The molecular formula is C54H105NO3. The number of aliphatic hydroxyl groups excluding tert-OH is 2. The highest BCUT2D eigenvalue weighted by atomic mass is 16.3. The molecule has 0 bridgehead atoms. The zero-order valence-corrected chi connectivity index (χ0v) is 39.6. The molecule has 344 valence electrons. The van der Waals surface area contributed by atoms with Gasteiger partial charge >= 0.3 is 0 Å². The average molecular weight is 816 g/mol. The third-order valence-corrected chi connectivity index (χ3v) is 12.4.